The van der Waals surface area contributed by atoms with Crippen molar-refractivity contribution in [3.05, 3.63) is 77.9 Å². The van der Waals surface area contributed by atoms with Crippen LogP contribution < -0.4 is 4.57 Å². The summed E-state index contributed by atoms with van der Waals surface area (Å²) in [5.74, 6) is 0.867. The molecule has 0 radical (unpaired) electrons. The van der Waals surface area contributed by atoms with Crippen molar-refractivity contribution >= 4 is 21.9 Å². The van der Waals surface area contributed by atoms with Gasteiger partial charge in [0.15, 0.2) is 6.20 Å². The molecule has 5 aromatic rings. The first-order chi connectivity index (χ1) is 16.4. The summed E-state index contributed by atoms with van der Waals surface area (Å²) >= 11 is 0. The average Bonchev–Trinajstić information content (AvgIpc) is 3.16. The van der Waals surface area contributed by atoms with Crippen molar-refractivity contribution in [3.63, 3.8) is 0 Å². The molecule has 0 spiro atoms. The van der Waals surface area contributed by atoms with Gasteiger partial charge in [-0.25, -0.2) is 14.5 Å². The lowest BCUT2D eigenvalue weighted by atomic mass is 9.89. The molecule has 3 heterocycles. The summed E-state index contributed by atoms with van der Waals surface area (Å²) in [6.45, 7) is 15.2. The van der Waals surface area contributed by atoms with Crippen LogP contribution in [0.2, 0.25) is 0 Å². The normalized spacial score (nSPS) is 12.6. The van der Waals surface area contributed by atoms with Gasteiger partial charge in [0.2, 0.25) is 5.69 Å². The number of aromatic nitrogens is 3. The van der Waals surface area contributed by atoms with Crippen LogP contribution in [-0.2, 0) is 17.9 Å². The maximum absolute atomic E-state index is 6.47. The van der Waals surface area contributed by atoms with Crippen molar-refractivity contribution in [3.8, 4) is 22.5 Å². The fraction of sp³-hybridized carbons (Fsp3) is 0.323. The second-order valence-corrected chi connectivity index (χ2v) is 11.6. The van der Waals surface area contributed by atoms with Gasteiger partial charge in [0.25, 0.3) is 0 Å². The van der Waals surface area contributed by atoms with E-state index in [0.717, 1.165) is 56.0 Å². The number of rotatable bonds is 2. The molecular formula is C31H34N3O+. The molecule has 0 aliphatic heterocycles. The minimum absolute atomic E-state index is 0.0677. The van der Waals surface area contributed by atoms with Gasteiger partial charge in [-0.15, -0.1) is 0 Å². The quantitative estimate of drug-likeness (QED) is 0.255. The van der Waals surface area contributed by atoms with E-state index in [1.54, 1.807) is 0 Å². The van der Waals surface area contributed by atoms with E-state index in [2.05, 4.69) is 115 Å². The van der Waals surface area contributed by atoms with Crippen molar-refractivity contribution in [2.45, 2.75) is 59.3 Å². The predicted molar refractivity (Wildman–Crippen MR) is 143 cm³/mol. The number of benzene rings is 2. The molecule has 0 atom stereocenters. The third kappa shape index (κ3) is 4.12. The summed E-state index contributed by atoms with van der Waals surface area (Å²) in [6, 6.07) is 19.2. The molecule has 0 saturated heterocycles. The SMILES string of the molecule is Cc1ccc2c(oc3ccc(-c4cc(C(C)(C)C)nc(C(C)(C)C)n4)cc32)c1-c1cccc[n+]1C. The van der Waals surface area contributed by atoms with Crippen LogP contribution in [-0.4, -0.2) is 9.97 Å². The Hall–Kier alpha value is -3.53. The van der Waals surface area contributed by atoms with Crippen LogP contribution in [0.15, 0.2) is 65.2 Å². The number of furan rings is 1. The fourth-order valence-electron chi connectivity index (χ4n) is 4.51. The highest BCUT2D eigenvalue weighted by atomic mass is 16.3. The highest BCUT2D eigenvalue weighted by molar-refractivity contribution is 6.10. The van der Waals surface area contributed by atoms with E-state index >= 15 is 0 Å². The summed E-state index contributed by atoms with van der Waals surface area (Å²) in [5, 5.41) is 2.22. The summed E-state index contributed by atoms with van der Waals surface area (Å²) in [4.78, 5) is 9.94. The number of fused-ring (bicyclic) bond motifs is 3. The third-order valence-corrected chi connectivity index (χ3v) is 6.62. The van der Waals surface area contributed by atoms with Crippen LogP contribution in [0.5, 0.6) is 0 Å². The zero-order valence-corrected chi connectivity index (χ0v) is 22.0. The summed E-state index contributed by atoms with van der Waals surface area (Å²) in [7, 11) is 2.07. The van der Waals surface area contributed by atoms with E-state index in [-0.39, 0.29) is 10.8 Å². The first kappa shape index (κ1) is 23.2. The molecule has 178 valence electrons. The van der Waals surface area contributed by atoms with Crippen molar-refractivity contribution in [2.75, 3.05) is 0 Å². The minimum atomic E-state index is -0.139. The van der Waals surface area contributed by atoms with Crippen LogP contribution in [0, 0.1) is 6.92 Å². The minimum Gasteiger partial charge on any atom is -0.455 e. The predicted octanol–water partition coefficient (Wildman–Crippen LogP) is 7.44. The molecule has 0 amide bonds. The number of hydrogen-bond donors (Lipinski definition) is 0. The van der Waals surface area contributed by atoms with Gasteiger partial charge in [-0.2, -0.15) is 0 Å². The fourth-order valence-corrected chi connectivity index (χ4v) is 4.51. The molecule has 0 fully saturated rings. The van der Waals surface area contributed by atoms with E-state index < -0.39 is 0 Å². The van der Waals surface area contributed by atoms with Crippen molar-refractivity contribution in [2.24, 2.45) is 7.05 Å². The zero-order valence-electron chi connectivity index (χ0n) is 22.0. The lowest BCUT2D eigenvalue weighted by molar-refractivity contribution is -0.660. The summed E-state index contributed by atoms with van der Waals surface area (Å²) in [6.07, 6.45) is 2.07. The molecule has 0 aliphatic rings. The Balaban J connectivity index is 1.75. The van der Waals surface area contributed by atoms with Crippen LogP contribution >= 0.6 is 0 Å². The topological polar surface area (TPSA) is 42.8 Å². The maximum atomic E-state index is 6.47. The molecule has 4 nitrogen and oxygen atoms in total. The highest BCUT2D eigenvalue weighted by Crippen LogP contribution is 2.38. The molecule has 0 saturated carbocycles. The van der Waals surface area contributed by atoms with Gasteiger partial charge in [0, 0.05) is 39.3 Å². The molecule has 4 heteroatoms. The molecule has 0 aliphatic carbocycles. The molecule has 3 aromatic heterocycles. The van der Waals surface area contributed by atoms with E-state index in [0.29, 0.717) is 0 Å². The number of pyridine rings is 1. The van der Waals surface area contributed by atoms with Crippen molar-refractivity contribution in [1.82, 2.24) is 9.97 Å². The molecular weight excluding hydrogens is 430 g/mol. The van der Waals surface area contributed by atoms with Crippen LogP contribution in [0.1, 0.15) is 58.6 Å². The van der Waals surface area contributed by atoms with Gasteiger partial charge in [-0.3, -0.25) is 0 Å². The van der Waals surface area contributed by atoms with Gasteiger partial charge in [0.05, 0.1) is 17.0 Å². The summed E-state index contributed by atoms with van der Waals surface area (Å²) in [5.41, 5.74) is 8.15. The van der Waals surface area contributed by atoms with Gasteiger partial charge in [-0.05, 0) is 42.8 Å². The number of hydrogen-bond acceptors (Lipinski definition) is 3. The standard InChI is InChI=1S/C31H34N3O/c1-19-12-14-21-22-17-20(23-18-26(30(2,3)4)33-29(32-23)31(5,6)7)13-15-25(22)35-28(21)27(19)24-11-9-10-16-34(24)8/h9-18H,1-8H3/q+1. The van der Waals surface area contributed by atoms with Gasteiger partial charge < -0.3 is 4.42 Å². The molecule has 35 heavy (non-hydrogen) atoms. The Morgan fingerprint density at radius 1 is 0.800 bits per heavy atom. The monoisotopic (exact) mass is 464 g/mol. The van der Waals surface area contributed by atoms with Crippen LogP contribution in [0.4, 0.5) is 0 Å². The largest absolute Gasteiger partial charge is 0.455 e. The highest BCUT2D eigenvalue weighted by Gasteiger charge is 2.25. The maximum Gasteiger partial charge on any atom is 0.216 e. The molecule has 0 bridgehead atoms. The molecule has 2 aromatic carbocycles. The Kier molecular flexibility index (Phi) is 5.32. The molecule has 5 rings (SSSR count). The van der Waals surface area contributed by atoms with E-state index in [1.165, 1.54) is 5.56 Å². The first-order valence-corrected chi connectivity index (χ1v) is 12.2. The Morgan fingerprint density at radius 3 is 2.26 bits per heavy atom. The average molecular weight is 465 g/mol. The zero-order chi connectivity index (χ0) is 25.1. The molecule has 0 N–H and O–H groups in total. The van der Waals surface area contributed by atoms with Crippen LogP contribution in [0.25, 0.3) is 44.5 Å². The van der Waals surface area contributed by atoms with Crippen LogP contribution in [0.3, 0.4) is 0 Å². The van der Waals surface area contributed by atoms with Gasteiger partial charge >= 0.3 is 0 Å². The second kappa shape index (κ2) is 8.01. The Morgan fingerprint density at radius 2 is 1.57 bits per heavy atom. The van der Waals surface area contributed by atoms with E-state index in [9.17, 15) is 0 Å². The number of aryl methyl sites for hydroxylation is 2. The van der Waals surface area contributed by atoms with Crippen molar-refractivity contribution in [1.29, 1.82) is 0 Å². The van der Waals surface area contributed by atoms with Gasteiger partial charge in [-0.1, -0.05) is 53.7 Å². The smallest absolute Gasteiger partial charge is 0.216 e. The van der Waals surface area contributed by atoms with E-state index in [4.69, 9.17) is 14.4 Å². The van der Waals surface area contributed by atoms with E-state index in [1.807, 2.05) is 6.07 Å². The Labute approximate surface area is 207 Å². The van der Waals surface area contributed by atoms with Gasteiger partial charge in [0.1, 0.15) is 24.0 Å². The number of nitrogens with zero attached hydrogens (tertiary/aromatic N) is 3. The lowest BCUT2D eigenvalue weighted by Gasteiger charge is -2.23. The molecule has 0 unspecified atom stereocenters. The van der Waals surface area contributed by atoms with Crippen molar-refractivity contribution < 1.29 is 8.98 Å². The first-order valence-electron chi connectivity index (χ1n) is 12.2. The second-order valence-electron chi connectivity index (χ2n) is 11.6. The summed E-state index contributed by atoms with van der Waals surface area (Å²) < 4.78 is 8.62. The third-order valence-electron chi connectivity index (χ3n) is 6.62. The lowest BCUT2D eigenvalue weighted by Crippen LogP contribution is -2.30. The Bertz CT molecular complexity index is 1550.